The Balaban J connectivity index is 1.87. The molecule has 7 nitrogen and oxygen atoms in total. The molecular weight excluding hydrogens is 388 g/mol. The van der Waals surface area contributed by atoms with Crippen molar-refractivity contribution in [2.75, 3.05) is 23.7 Å². The number of anilines is 2. The fraction of sp³-hybridized carbons (Fsp3) is 0.333. The molecule has 0 atom stereocenters. The van der Waals surface area contributed by atoms with E-state index in [1.54, 1.807) is 18.2 Å². The van der Waals surface area contributed by atoms with Crippen LogP contribution in [0.3, 0.4) is 0 Å². The van der Waals surface area contributed by atoms with Gasteiger partial charge < -0.3 is 10.1 Å². The molecule has 1 heterocycles. The molecule has 0 radical (unpaired) electrons. The Kier molecular flexibility index (Phi) is 6.87. The summed E-state index contributed by atoms with van der Waals surface area (Å²) in [7, 11) is -2.28. The average molecular weight is 415 g/mol. The molecule has 0 fully saturated rings. The van der Waals surface area contributed by atoms with Crippen molar-refractivity contribution in [3.05, 3.63) is 48.5 Å². The third-order valence-electron chi connectivity index (χ3n) is 4.49. The molecule has 8 heteroatoms. The molecule has 29 heavy (non-hydrogen) atoms. The Hall–Kier alpha value is -2.87. The summed E-state index contributed by atoms with van der Waals surface area (Å²) in [6.07, 6.45) is 4.41. The summed E-state index contributed by atoms with van der Waals surface area (Å²) in [5, 5.41) is 3.24. The highest BCUT2D eigenvalue weighted by atomic mass is 32.2. The lowest BCUT2D eigenvalue weighted by molar-refractivity contribution is 0.414. The molecule has 0 aliphatic heterocycles. The van der Waals surface area contributed by atoms with E-state index in [0.29, 0.717) is 29.1 Å². The van der Waals surface area contributed by atoms with Gasteiger partial charge in [-0.3, -0.25) is 4.72 Å². The summed E-state index contributed by atoms with van der Waals surface area (Å²) in [5.74, 6) is 1.20. The van der Waals surface area contributed by atoms with Crippen molar-refractivity contribution < 1.29 is 13.2 Å². The van der Waals surface area contributed by atoms with Crippen LogP contribution >= 0.6 is 0 Å². The molecule has 0 aliphatic rings. The minimum atomic E-state index is -3.82. The van der Waals surface area contributed by atoms with Crippen molar-refractivity contribution in [1.29, 1.82) is 0 Å². The molecule has 0 spiro atoms. The van der Waals surface area contributed by atoms with Gasteiger partial charge in [-0.15, -0.1) is 0 Å². The first-order valence-electron chi connectivity index (χ1n) is 9.71. The van der Waals surface area contributed by atoms with Gasteiger partial charge in [-0.05, 0) is 42.8 Å². The summed E-state index contributed by atoms with van der Waals surface area (Å²) in [6, 6.07) is 13.6. The first-order valence-corrected chi connectivity index (χ1v) is 11.2. The summed E-state index contributed by atoms with van der Waals surface area (Å²) in [5.41, 5.74) is 1.33. The number of sulfonamides is 1. The molecule has 0 bridgehead atoms. The van der Waals surface area contributed by atoms with E-state index in [1.165, 1.54) is 25.7 Å². The van der Waals surface area contributed by atoms with Crippen LogP contribution in [-0.4, -0.2) is 32.0 Å². The number of methoxy groups -OCH3 is 1. The number of hydrogen-bond donors (Lipinski definition) is 2. The number of fused-ring (bicyclic) bond motifs is 1. The molecule has 2 N–H and O–H groups in total. The Morgan fingerprint density at radius 3 is 2.17 bits per heavy atom. The van der Waals surface area contributed by atoms with Crippen molar-refractivity contribution in [3.8, 4) is 5.75 Å². The number of ether oxygens (including phenoxy) is 1. The Bertz CT molecular complexity index is 1050. The van der Waals surface area contributed by atoms with Crippen LogP contribution in [0, 0.1) is 0 Å². The first-order chi connectivity index (χ1) is 14.0. The highest BCUT2D eigenvalue weighted by Gasteiger charge is 2.19. The second-order valence-corrected chi connectivity index (χ2v) is 8.36. The van der Waals surface area contributed by atoms with Crippen LogP contribution in [0.15, 0.2) is 53.4 Å². The summed E-state index contributed by atoms with van der Waals surface area (Å²) in [6.45, 7) is 2.86. The zero-order valence-corrected chi connectivity index (χ0v) is 17.5. The highest BCUT2D eigenvalue weighted by Crippen LogP contribution is 2.25. The quantitative estimate of drug-likeness (QED) is 0.477. The first kappa shape index (κ1) is 20.9. The zero-order valence-electron chi connectivity index (χ0n) is 16.7. The lowest BCUT2D eigenvalue weighted by Gasteiger charge is -2.14. The third kappa shape index (κ3) is 5.35. The SMILES string of the molecule is CCCCCCNc1nc2ccccc2nc1NS(=O)(=O)c1ccc(OC)cc1. The van der Waals surface area contributed by atoms with Crippen LogP contribution in [0.25, 0.3) is 11.0 Å². The van der Waals surface area contributed by atoms with Gasteiger partial charge in [0, 0.05) is 6.54 Å². The van der Waals surface area contributed by atoms with Gasteiger partial charge in [0.05, 0.1) is 23.0 Å². The second-order valence-electron chi connectivity index (χ2n) is 6.68. The number of benzene rings is 2. The fourth-order valence-corrected chi connectivity index (χ4v) is 3.90. The standard InChI is InChI=1S/C21H26N4O3S/c1-3-4-5-8-15-22-20-21(24-19-10-7-6-9-18(19)23-20)25-29(26,27)17-13-11-16(28-2)12-14-17/h6-7,9-14H,3-5,8,15H2,1-2H3,(H,22,23)(H,24,25). The molecule has 3 rings (SSSR count). The number of rotatable bonds is 10. The predicted octanol–water partition coefficient (Wildman–Crippen LogP) is 4.43. The van der Waals surface area contributed by atoms with E-state index in [4.69, 9.17) is 4.74 Å². The minimum absolute atomic E-state index is 0.127. The Morgan fingerprint density at radius 1 is 0.897 bits per heavy atom. The number of aromatic nitrogens is 2. The average Bonchev–Trinajstić information content (AvgIpc) is 2.73. The fourth-order valence-electron chi connectivity index (χ4n) is 2.89. The molecular formula is C21H26N4O3S. The van der Waals surface area contributed by atoms with Gasteiger partial charge in [0.25, 0.3) is 10.0 Å². The van der Waals surface area contributed by atoms with Crippen LogP contribution in [0.1, 0.15) is 32.6 Å². The van der Waals surface area contributed by atoms with Crippen LogP contribution in [0.2, 0.25) is 0 Å². The van der Waals surface area contributed by atoms with E-state index < -0.39 is 10.0 Å². The lowest BCUT2D eigenvalue weighted by atomic mass is 10.2. The molecule has 0 saturated heterocycles. The summed E-state index contributed by atoms with van der Waals surface area (Å²) < 4.78 is 33.4. The van der Waals surface area contributed by atoms with Crippen LogP contribution < -0.4 is 14.8 Å². The van der Waals surface area contributed by atoms with Gasteiger partial charge in [0.1, 0.15) is 5.75 Å². The van der Waals surface area contributed by atoms with E-state index in [2.05, 4.69) is 26.9 Å². The molecule has 154 valence electrons. The Morgan fingerprint density at radius 2 is 1.55 bits per heavy atom. The topological polar surface area (TPSA) is 93.2 Å². The van der Waals surface area contributed by atoms with Crippen molar-refractivity contribution in [3.63, 3.8) is 0 Å². The van der Waals surface area contributed by atoms with Gasteiger partial charge >= 0.3 is 0 Å². The van der Waals surface area contributed by atoms with Crippen LogP contribution in [0.4, 0.5) is 11.6 Å². The van der Waals surface area contributed by atoms with Crippen molar-refractivity contribution in [2.24, 2.45) is 0 Å². The molecule has 0 saturated carbocycles. The van der Waals surface area contributed by atoms with Crippen LogP contribution in [0.5, 0.6) is 5.75 Å². The van der Waals surface area contributed by atoms with E-state index in [-0.39, 0.29) is 10.7 Å². The zero-order chi connectivity index (χ0) is 20.7. The summed E-state index contributed by atoms with van der Waals surface area (Å²) >= 11 is 0. The molecule has 2 aromatic carbocycles. The van der Waals surface area contributed by atoms with E-state index in [0.717, 1.165) is 19.3 Å². The Labute approximate surface area is 171 Å². The normalized spacial score (nSPS) is 11.4. The van der Waals surface area contributed by atoms with Crippen molar-refractivity contribution in [2.45, 2.75) is 37.5 Å². The maximum Gasteiger partial charge on any atom is 0.263 e. The van der Waals surface area contributed by atoms with Gasteiger partial charge in [0.15, 0.2) is 11.6 Å². The van der Waals surface area contributed by atoms with Crippen molar-refractivity contribution in [1.82, 2.24) is 9.97 Å². The molecule has 0 unspecified atom stereocenters. The van der Waals surface area contributed by atoms with E-state index >= 15 is 0 Å². The largest absolute Gasteiger partial charge is 0.497 e. The molecule has 0 amide bonds. The monoisotopic (exact) mass is 414 g/mol. The van der Waals surface area contributed by atoms with Crippen molar-refractivity contribution >= 4 is 32.7 Å². The molecule has 3 aromatic rings. The maximum atomic E-state index is 12.9. The predicted molar refractivity (Wildman–Crippen MR) is 116 cm³/mol. The molecule has 1 aromatic heterocycles. The number of hydrogen-bond acceptors (Lipinski definition) is 6. The number of unbranched alkanes of at least 4 members (excludes halogenated alkanes) is 3. The second kappa shape index (κ2) is 9.56. The van der Waals surface area contributed by atoms with Crippen LogP contribution in [-0.2, 0) is 10.0 Å². The highest BCUT2D eigenvalue weighted by molar-refractivity contribution is 7.92. The van der Waals surface area contributed by atoms with E-state index in [9.17, 15) is 8.42 Å². The third-order valence-corrected chi connectivity index (χ3v) is 5.85. The summed E-state index contributed by atoms with van der Waals surface area (Å²) in [4.78, 5) is 9.20. The van der Waals surface area contributed by atoms with Gasteiger partial charge in [-0.25, -0.2) is 18.4 Å². The van der Waals surface area contributed by atoms with Gasteiger partial charge in [0.2, 0.25) is 0 Å². The smallest absolute Gasteiger partial charge is 0.263 e. The van der Waals surface area contributed by atoms with Gasteiger partial charge in [-0.1, -0.05) is 38.3 Å². The van der Waals surface area contributed by atoms with E-state index in [1.807, 2.05) is 18.2 Å². The number of para-hydroxylation sites is 2. The maximum absolute atomic E-state index is 12.9. The van der Waals surface area contributed by atoms with Gasteiger partial charge in [-0.2, -0.15) is 0 Å². The lowest BCUT2D eigenvalue weighted by Crippen LogP contribution is -2.17. The number of nitrogens with zero attached hydrogens (tertiary/aromatic N) is 2. The number of nitrogens with one attached hydrogen (secondary N) is 2. The molecule has 0 aliphatic carbocycles. The minimum Gasteiger partial charge on any atom is -0.497 e.